The van der Waals surface area contributed by atoms with Crippen LogP contribution in [0.1, 0.15) is 70.8 Å². The lowest BCUT2D eigenvalue weighted by atomic mass is 10.0. The van der Waals surface area contributed by atoms with E-state index in [0.717, 1.165) is 42.9 Å². The van der Waals surface area contributed by atoms with Crippen molar-refractivity contribution in [1.82, 2.24) is 20.1 Å². The molecule has 1 saturated carbocycles. The highest BCUT2D eigenvalue weighted by atomic mass is 16.5. The number of ether oxygens (including phenoxy) is 1. The molecule has 1 saturated heterocycles. The Hall–Kier alpha value is -2.21. The SMILES string of the molecule is CO[C@@H]1C[C@@H](c2nc(C3CC3)n[nH]2)N(C(=O)c2cccc3c2CCC3)C1. The Morgan fingerprint density at radius 2 is 2.19 bits per heavy atom. The molecule has 136 valence electrons. The molecule has 2 atom stereocenters. The van der Waals surface area contributed by atoms with Crippen molar-refractivity contribution in [3.63, 3.8) is 0 Å². The van der Waals surface area contributed by atoms with E-state index < -0.39 is 0 Å². The Balaban J connectivity index is 1.47. The third-order valence-corrected chi connectivity index (χ3v) is 6.01. The van der Waals surface area contributed by atoms with E-state index in [4.69, 9.17) is 9.72 Å². The fourth-order valence-corrected chi connectivity index (χ4v) is 4.39. The second-order valence-electron chi connectivity index (χ2n) is 7.72. The van der Waals surface area contributed by atoms with Gasteiger partial charge in [-0.05, 0) is 49.3 Å². The topological polar surface area (TPSA) is 71.1 Å². The first-order chi connectivity index (χ1) is 12.7. The maximum Gasteiger partial charge on any atom is 0.254 e. The summed E-state index contributed by atoms with van der Waals surface area (Å²) in [6, 6.07) is 6.04. The summed E-state index contributed by atoms with van der Waals surface area (Å²) < 4.78 is 5.58. The molecule has 2 heterocycles. The molecule has 3 aliphatic rings. The molecule has 1 amide bonds. The molecule has 1 aromatic heterocycles. The molecule has 6 heteroatoms. The Kier molecular flexibility index (Phi) is 3.81. The van der Waals surface area contributed by atoms with Crippen molar-refractivity contribution in [1.29, 1.82) is 0 Å². The van der Waals surface area contributed by atoms with Gasteiger partial charge in [0, 0.05) is 31.6 Å². The van der Waals surface area contributed by atoms with E-state index in [-0.39, 0.29) is 18.1 Å². The van der Waals surface area contributed by atoms with E-state index in [0.29, 0.717) is 12.5 Å². The molecule has 0 radical (unpaired) electrons. The second-order valence-corrected chi connectivity index (χ2v) is 7.72. The van der Waals surface area contributed by atoms with Crippen molar-refractivity contribution in [2.24, 2.45) is 0 Å². The van der Waals surface area contributed by atoms with Crippen LogP contribution in [0.5, 0.6) is 0 Å². The first kappa shape index (κ1) is 16.0. The van der Waals surface area contributed by atoms with Crippen molar-refractivity contribution in [3.05, 3.63) is 46.5 Å². The highest BCUT2D eigenvalue weighted by Gasteiger charge is 2.40. The standard InChI is InChI=1S/C20H24N4O2/c1-26-14-10-17(19-21-18(22-23-19)13-8-9-13)24(11-14)20(25)16-7-3-5-12-4-2-6-15(12)16/h3,5,7,13-14,17H,2,4,6,8-11H2,1H3,(H,21,22,23)/t14-,17+/m1/s1. The van der Waals surface area contributed by atoms with Gasteiger partial charge in [0.25, 0.3) is 5.91 Å². The molecule has 1 aliphatic heterocycles. The molecule has 0 bridgehead atoms. The number of aryl methyl sites for hydroxylation is 1. The van der Waals surface area contributed by atoms with Gasteiger partial charge in [0.1, 0.15) is 5.82 Å². The van der Waals surface area contributed by atoms with Gasteiger partial charge in [-0.3, -0.25) is 9.89 Å². The Bertz CT molecular complexity index is 842. The first-order valence-electron chi connectivity index (χ1n) is 9.61. The van der Waals surface area contributed by atoms with Crippen LogP contribution in [0, 0.1) is 0 Å². The van der Waals surface area contributed by atoms with Crippen molar-refractivity contribution in [2.75, 3.05) is 13.7 Å². The quantitative estimate of drug-likeness (QED) is 0.918. The zero-order valence-corrected chi connectivity index (χ0v) is 15.1. The number of methoxy groups -OCH3 is 1. The number of amides is 1. The number of carbonyl (C=O) groups excluding carboxylic acids is 1. The lowest BCUT2D eigenvalue weighted by Crippen LogP contribution is -2.33. The van der Waals surface area contributed by atoms with E-state index in [9.17, 15) is 4.79 Å². The molecule has 6 nitrogen and oxygen atoms in total. The lowest BCUT2D eigenvalue weighted by Gasteiger charge is -2.24. The molecular weight excluding hydrogens is 328 g/mol. The monoisotopic (exact) mass is 352 g/mol. The Morgan fingerprint density at radius 3 is 3.00 bits per heavy atom. The zero-order valence-electron chi connectivity index (χ0n) is 15.1. The van der Waals surface area contributed by atoms with Gasteiger partial charge in [-0.2, -0.15) is 5.10 Å². The average molecular weight is 352 g/mol. The van der Waals surface area contributed by atoms with Crippen LogP contribution in [-0.4, -0.2) is 45.7 Å². The van der Waals surface area contributed by atoms with Crippen LogP contribution in [0.15, 0.2) is 18.2 Å². The number of nitrogens with one attached hydrogen (secondary N) is 1. The van der Waals surface area contributed by atoms with E-state index in [1.54, 1.807) is 7.11 Å². The van der Waals surface area contributed by atoms with Gasteiger partial charge < -0.3 is 9.64 Å². The highest BCUT2D eigenvalue weighted by Crippen LogP contribution is 2.40. The summed E-state index contributed by atoms with van der Waals surface area (Å²) in [4.78, 5) is 20.0. The summed E-state index contributed by atoms with van der Waals surface area (Å²) in [7, 11) is 1.71. The normalized spacial score (nSPS) is 24.9. The largest absolute Gasteiger partial charge is 0.380 e. The van der Waals surface area contributed by atoms with Gasteiger partial charge in [-0.25, -0.2) is 4.98 Å². The van der Waals surface area contributed by atoms with Gasteiger partial charge in [-0.15, -0.1) is 0 Å². The van der Waals surface area contributed by atoms with Gasteiger partial charge in [0.15, 0.2) is 5.82 Å². The molecule has 0 unspecified atom stereocenters. The molecule has 2 aromatic rings. The Labute approximate surface area is 153 Å². The van der Waals surface area contributed by atoms with Gasteiger partial charge in [-0.1, -0.05) is 12.1 Å². The number of aromatic amines is 1. The minimum atomic E-state index is -0.0929. The molecule has 2 fully saturated rings. The van der Waals surface area contributed by atoms with Gasteiger partial charge in [0.2, 0.25) is 0 Å². The maximum atomic E-state index is 13.4. The summed E-state index contributed by atoms with van der Waals surface area (Å²) in [5.41, 5.74) is 3.41. The lowest BCUT2D eigenvalue weighted by molar-refractivity contribution is 0.0683. The van der Waals surface area contributed by atoms with Crippen LogP contribution in [0.25, 0.3) is 0 Å². The third kappa shape index (κ3) is 2.63. The van der Waals surface area contributed by atoms with Crippen molar-refractivity contribution in [3.8, 4) is 0 Å². The number of hydrogen-bond acceptors (Lipinski definition) is 4. The number of rotatable bonds is 4. The number of likely N-dealkylation sites (tertiary alicyclic amines) is 1. The number of nitrogens with zero attached hydrogens (tertiary/aromatic N) is 3. The second kappa shape index (κ2) is 6.20. The van der Waals surface area contributed by atoms with Crippen LogP contribution in [0.4, 0.5) is 0 Å². The van der Waals surface area contributed by atoms with E-state index in [2.05, 4.69) is 16.3 Å². The number of fused-ring (bicyclic) bond motifs is 1. The van der Waals surface area contributed by atoms with Crippen LogP contribution < -0.4 is 0 Å². The fraction of sp³-hybridized carbons (Fsp3) is 0.550. The number of H-pyrrole nitrogens is 1. The first-order valence-corrected chi connectivity index (χ1v) is 9.61. The minimum absolute atomic E-state index is 0.0372. The molecule has 0 spiro atoms. The van der Waals surface area contributed by atoms with Crippen molar-refractivity contribution < 1.29 is 9.53 Å². The van der Waals surface area contributed by atoms with E-state index in [1.807, 2.05) is 17.0 Å². The predicted molar refractivity (Wildman–Crippen MR) is 96.0 cm³/mol. The summed E-state index contributed by atoms with van der Waals surface area (Å²) in [6.07, 6.45) is 6.34. The number of hydrogen-bond donors (Lipinski definition) is 1. The Morgan fingerprint density at radius 1 is 1.31 bits per heavy atom. The summed E-state index contributed by atoms with van der Waals surface area (Å²) in [5.74, 6) is 2.29. The van der Waals surface area contributed by atoms with Crippen molar-refractivity contribution >= 4 is 5.91 Å². The third-order valence-electron chi connectivity index (χ3n) is 6.01. The molecule has 1 aromatic carbocycles. The summed E-state index contributed by atoms with van der Waals surface area (Å²) in [6.45, 7) is 0.600. The molecule has 2 aliphatic carbocycles. The highest BCUT2D eigenvalue weighted by molar-refractivity contribution is 5.96. The summed E-state index contributed by atoms with van der Waals surface area (Å²) >= 11 is 0. The van der Waals surface area contributed by atoms with Crippen molar-refractivity contribution in [2.45, 2.75) is 56.6 Å². The maximum absolute atomic E-state index is 13.4. The minimum Gasteiger partial charge on any atom is -0.380 e. The smallest absolute Gasteiger partial charge is 0.254 e. The molecular formula is C20H24N4O2. The molecule has 26 heavy (non-hydrogen) atoms. The van der Waals surface area contributed by atoms with Crippen LogP contribution in [0.3, 0.4) is 0 Å². The van der Waals surface area contributed by atoms with Gasteiger partial charge >= 0.3 is 0 Å². The van der Waals surface area contributed by atoms with E-state index in [1.165, 1.54) is 24.0 Å². The van der Waals surface area contributed by atoms with Crippen LogP contribution in [-0.2, 0) is 17.6 Å². The van der Waals surface area contributed by atoms with Crippen LogP contribution >= 0.6 is 0 Å². The number of carbonyl (C=O) groups is 1. The molecule has 1 N–H and O–H groups in total. The summed E-state index contributed by atoms with van der Waals surface area (Å²) in [5, 5.41) is 7.47. The number of benzene rings is 1. The predicted octanol–water partition coefficient (Wildman–Crippen LogP) is 2.77. The molecule has 5 rings (SSSR count). The average Bonchev–Trinajstić information content (AvgIpc) is 3.09. The van der Waals surface area contributed by atoms with Crippen LogP contribution in [0.2, 0.25) is 0 Å². The zero-order chi connectivity index (χ0) is 17.7. The van der Waals surface area contributed by atoms with Gasteiger partial charge in [0.05, 0.1) is 12.1 Å². The van der Waals surface area contributed by atoms with E-state index >= 15 is 0 Å². The number of aromatic nitrogens is 3. The fourth-order valence-electron chi connectivity index (χ4n) is 4.39.